The molecular weight excluding hydrogens is 415 g/mol. The van der Waals surface area contributed by atoms with E-state index in [1.807, 2.05) is 42.6 Å². The summed E-state index contributed by atoms with van der Waals surface area (Å²) in [6, 6.07) is 18.2. The number of benzene rings is 1. The van der Waals surface area contributed by atoms with Gasteiger partial charge < -0.3 is 5.32 Å². The number of nitrogens with one attached hydrogen (secondary N) is 1. The van der Waals surface area contributed by atoms with Gasteiger partial charge in [-0.05, 0) is 61.9 Å². The third kappa shape index (κ3) is 5.21. The lowest BCUT2D eigenvalue weighted by Gasteiger charge is -2.34. The molecule has 33 heavy (non-hydrogen) atoms. The SMILES string of the molecule is Fc1cccc(Nc2cc(-c3ccncc3)nc([C@H]3CCCCN3Cc3ccccn3)n2)c1. The van der Waals surface area contributed by atoms with Crippen molar-refractivity contribution in [2.24, 2.45) is 0 Å². The molecule has 3 aromatic heterocycles. The molecule has 0 spiro atoms. The number of aromatic nitrogens is 4. The minimum Gasteiger partial charge on any atom is -0.340 e. The van der Waals surface area contributed by atoms with Crippen molar-refractivity contribution in [1.82, 2.24) is 24.8 Å². The Morgan fingerprint density at radius 1 is 0.939 bits per heavy atom. The summed E-state index contributed by atoms with van der Waals surface area (Å²) in [4.78, 5) is 20.9. The van der Waals surface area contributed by atoms with Crippen LogP contribution in [0.2, 0.25) is 0 Å². The lowest BCUT2D eigenvalue weighted by Crippen LogP contribution is -2.34. The maximum Gasteiger partial charge on any atom is 0.148 e. The van der Waals surface area contributed by atoms with Crippen molar-refractivity contribution in [1.29, 1.82) is 0 Å². The minimum atomic E-state index is -0.294. The van der Waals surface area contributed by atoms with Gasteiger partial charge in [0, 0.05) is 42.5 Å². The maximum absolute atomic E-state index is 13.8. The van der Waals surface area contributed by atoms with Crippen LogP contribution in [0.4, 0.5) is 15.9 Å². The number of hydrogen-bond acceptors (Lipinski definition) is 6. The third-order valence-corrected chi connectivity index (χ3v) is 5.82. The Hall–Kier alpha value is -3.71. The van der Waals surface area contributed by atoms with E-state index in [4.69, 9.17) is 9.97 Å². The van der Waals surface area contributed by atoms with Gasteiger partial charge >= 0.3 is 0 Å². The summed E-state index contributed by atoms with van der Waals surface area (Å²) in [5.74, 6) is 1.11. The summed E-state index contributed by atoms with van der Waals surface area (Å²) >= 11 is 0. The average Bonchev–Trinajstić information content (AvgIpc) is 2.85. The monoisotopic (exact) mass is 440 g/mol. The lowest BCUT2D eigenvalue weighted by atomic mass is 10.0. The second-order valence-electron chi connectivity index (χ2n) is 8.17. The number of pyridine rings is 2. The summed E-state index contributed by atoms with van der Waals surface area (Å²) < 4.78 is 13.8. The van der Waals surface area contributed by atoms with Gasteiger partial charge in [-0.25, -0.2) is 14.4 Å². The zero-order valence-electron chi connectivity index (χ0n) is 18.2. The fraction of sp³-hybridized carbons (Fsp3) is 0.231. The highest BCUT2D eigenvalue weighted by Gasteiger charge is 2.27. The van der Waals surface area contributed by atoms with Gasteiger partial charge in [-0.2, -0.15) is 0 Å². The summed E-state index contributed by atoms with van der Waals surface area (Å²) in [5, 5.41) is 3.26. The van der Waals surface area contributed by atoms with Crippen molar-refractivity contribution in [3.8, 4) is 11.3 Å². The van der Waals surface area contributed by atoms with E-state index >= 15 is 0 Å². The first-order valence-electron chi connectivity index (χ1n) is 11.2. The molecule has 1 aliphatic rings. The van der Waals surface area contributed by atoms with Crippen molar-refractivity contribution >= 4 is 11.5 Å². The fourth-order valence-electron chi connectivity index (χ4n) is 4.24. The highest BCUT2D eigenvalue weighted by molar-refractivity contribution is 5.65. The van der Waals surface area contributed by atoms with Crippen LogP contribution in [0, 0.1) is 5.82 Å². The van der Waals surface area contributed by atoms with Crippen molar-refractivity contribution in [2.45, 2.75) is 31.8 Å². The molecule has 0 radical (unpaired) electrons. The van der Waals surface area contributed by atoms with E-state index in [9.17, 15) is 4.39 Å². The summed E-state index contributed by atoms with van der Waals surface area (Å²) in [6.07, 6.45) is 8.58. The van der Waals surface area contributed by atoms with Gasteiger partial charge in [0.05, 0.1) is 17.4 Å². The Labute approximate surface area is 192 Å². The van der Waals surface area contributed by atoms with Crippen molar-refractivity contribution < 1.29 is 4.39 Å². The normalized spacial score (nSPS) is 16.5. The topological polar surface area (TPSA) is 66.8 Å². The van der Waals surface area contributed by atoms with E-state index < -0.39 is 0 Å². The number of halogens is 1. The molecule has 0 amide bonds. The fourth-order valence-corrected chi connectivity index (χ4v) is 4.24. The highest BCUT2D eigenvalue weighted by atomic mass is 19.1. The molecule has 0 saturated carbocycles. The van der Waals surface area contributed by atoms with Gasteiger partial charge in [-0.15, -0.1) is 0 Å². The van der Waals surface area contributed by atoms with Gasteiger partial charge in [0.25, 0.3) is 0 Å². The number of hydrogen-bond donors (Lipinski definition) is 1. The number of rotatable bonds is 6. The largest absolute Gasteiger partial charge is 0.340 e. The van der Waals surface area contributed by atoms with Gasteiger partial charge in [0.2, 0.25) is 0 Å². The predicted molar refractivity (Wildman–Crippen MR) is 126 cm³/mol. The van der Waals surface area contributed by atoms with Crippen LogP contribution in [0.3, 0.4) is 0 Å². The van der Waals surface area contributed by atoms with Crippen LogP contribution < -0.4 is 5.32 Å². The summed E-state index contributed by atoms with van der Waals surface area (Å²) in [6.45, 7) is 1.72. The molecular formula is C26H25FN6. The van der Waals surface area contributed by atoms with Crippen molar-refractivity contribution in [3.05, 3.63) is 96.6 Å². The molecule has 166 valence electrons. The van der Waals surface area contributed by atoms with E-state index in [2.05, 4.69) is 26.3 Å². The van der Waals surface area contributed by atoms with E-state index in [1.165, 1.54) is 12.1 Å². The first-order valence-corrected chi connectivity index (χ1v) is 11.2. The minimum absolute atomic E-state index is 0.0793. The molecule has 1 aliphatic heterocycles. The third-order valence-electron chi connectivity index (χ3n) is 5.82. The van der Waals surface area contributed by atoms with Crippen molar-refractivity contribution in [2.75, 3.05) is 11.9 Å². The molecule has 0 aliphatic carbocycles. The molecule has 1 atom stereocenters. The Bertz CT molecular complexity index is 1200. The molecule has 1 aromatic carbocycles. The molecule has 4 aromatic rings. The summed E-state index contributed by atoms with van der Waals surface area (Å²) in [7, 11) is 0. The van der Waals surface area contributed by atoms with Crippen LogP contribution in [0.1, 0.15) is 36.8 Å². The van der Waals surface area contributed by atoms with Gasteiger partial charge in [-0.1, -0.05) is 18.6 Å². The molecule has 0 unspecified atom stereocenters. The Kier molecular flexibility index (Phi) is 6.30. The first kappa shape index (κ1) is 21.2. The zero-order valence-corrected chi connectivity index (χ0v) is 18.2. The standard InChI is InChI=1S/C26H25FN6/c27-20-6-5-8-21(16-20)30-25-17-23(19-10-13-28-14-11-19)31-26(32-25)24-9-2-4-15-33(24)18-22-7-1-3-12-29-22/h1,3,5-8,10-14,16-17,24H,2,4,9,15,18H2,(H,30,31,32)/t24-/m1/s1. The van der Waals surface area contributed by atoms with Crippen LogP contribution >= 0.6 is 0 Å². The van der Waals surface area contributed by atoms with E-state index in [0.717, 1.165) is 55.1 Å². The molecule has 1 N–H and O–H groups in total. The Balaban J connectivity index is 1.51. The van der Waals surface area contributed by atoms with Gasteiger partial charge in [0.1, 0.15) is 17.5 Å². The number of nitrogens with zero attached hydrogens (tertiary/aromatic N) is 5. The molecule has 1 fully saturated rings. The molecule has 5 rings (SSSR count). The molecule has 7 heteroatoms. The number of piperidine rings is 1. The van der Waals surface area contributed by atoms with E-state index in [-0.39, 0.29) is 11.9 Å². The predicted octanol–water partition coefficient (Wildman–Crippen LogP) is 5.54. The van der Waals surface area contributed by atoms with Crippen LogP contribution in [0.25, 0.3) is 11.3 Å². The van der Waals surface area contributed by atoms with E-state index in [1.54, 1.807) is 18.5 Å². The number of likely N-dealkylation sites (tertiary alicyclic amines) is 1. The molecule has 4 heterocycles. The quantitative estimate of drug-likeness (QED) is 0.424. The second-order valence-corrected chi connectivity index (χ2v) is 8.17. The van der Waals surface area contributed by atoms with Crippen molar-refractivity contribution in [3.63, 3.8) is 0 Å². The van der Waals surface area contributed by atoms with E-state index in [0.29, 0.717) is 11.5 Å². The van der Waals surface area contributed by atoms with Gasteiger partial charge in [-0.3, -0.25) is 14.9 Å². The smallest absolute Gasteiger partial charge is 0.148 e. The maximum atomic E-state index is 13.8. The highest BCUT2D eigenvalue weighted by Crippen LogP contribution is 2.32. The molecule has 6 nitrogen and oxygen atoms in total. The Morgan fingerprint density at radius 3 is 2.67 bits per heavy atom. The first-order chi connectivity index (χ1) is 16.2. The lowest BCUT2D eigenvalue weighted by molar-refractivity contribution is 0.132. The van der Waals surface area contributed by atoms with Gasteiger partial charge in [0.15, 0.2) is 0 Å². The van der Waals surface area contributed by atoms with Crippen LogP contribution in [-0.4, -0.2) is 31.4 Å². The van der Waals surface area contributed by atoms with Crippen LogP contribution in [0.15, 0.2) is 79.3 Å². The van der Waals surface area contributed by atoms with Crippen LogP contribution in [-0.2, 0) is 6.54 Å². The summed E-state index contributed by atoms with van der Waals surface area (Å²) in [5.41, 5.74) is 3.45. The average molecular weight is 441 g/mol. The second kappa shape index (κ2) is 9.83. The molecule has 0 bridgehead atoms. The zero-order chi connectivity index (χ0) is 22.5. The van der Waals surface area contributed by atoms with Crippen LogP contribution in [0.5, 0.6) is 0 Å². The number of anilines is 2. The Morgan fingerprint density at radius 2 is 1.85 bits per heavy atom. The molecule has 1 saturated heterocycles.